The van der Waals surface area contributed by atoms with E-state index < -0.39 is 11.8 Å². The second-order valence-electron chi connectivity index (χ2n) is 5.53. The number of ether oxygens (including phenoxy) is 1. The molecule has 0 spiro atoms. The average Bonchev–Trinajstić information content (AvgIpc) is 2.58. The number of carbonyl (C=O) groups excluding carboxylic acids is 2. The van der Waals surface area contributed by atoms with Gasteiger partial charge in [-0.3, -0.25) is 4.79 Å². The third-order valence-corrected chi connectivity index (χ3v) is 3.74. The minimum absolute atomic E-state index is 0.107. The molecule has 0 aliphatic rings. The van der Waals surface area contributed by atoms with Crippen molar-refractivity contribution in [1.29, 1.82) is 0 Å². The Labute approximate surface area is 150 Å². The van der Waals surface area contributed by atoms with E-state index in [0.29, 0.717) is 17.9 Å². The zero-order chi connectivity index (χ0) is 18.2. The standard InChI is InChI=1S/C19H19ClFNO3/c1-2-3-10-25-19(24)13-5-8-16(9-6-13)22-18(23)11-14-4-7-15(20)12-17(14)21/h4-9,12H,2-3,10-11H2,1H3,(H,22,23). The number of hydrogen-bond donors (Lipinski definition) is 1. The third-order valence-electron chi connectivity index (χ3n) is 3.50. The number of nitrogens with one attached hydrogen (secondary N) is 1. The van der Waals surface area contributed by atoms with Gasteiger partial charge < -0.3 is 10.1 Å². The lowest BCUT2D eigenvalue weighted by Crippen LogP contribution is -2.15. The number of esters is 1. The number of hydrogen-bond acceptors (Lipinski definition) is 3. The quantitative estimate of drug-likeness (QED) is 0.577. The maximum absolute atomic E-state index is 13.7. The van der Waals surface area contributed by atoms with Crippen LogP contribution < -0.4 is 5.32 Å². The fourth-order valence-electron chi connectivity index (χ4n) is 2.13. The molecule has 2 rings (SSSR count). The molecule has 132 valence electrons. The predicted octanol–water partition coefficient (Wildman–Crippen LogP) is 4.62. The molecule has 0 fully saturated rings. The normalized spacial score (nSPS) is 10.4. The summed E-state index contributed by atoms with van der Waals surface area (Å²) in [6.07, 6.45) is 1.66. The van der Waals surface area contributed by atoms with Crippen molar-refractivity contribution in [3.8, 4) is 0 Å². The largest absolute Gasteiger partial charge is 0.462 e. The van der Waals surface area contributed by atoms with Gasteiger partial charge in [0, 0.05) is 10.7 Å². The van der Waals surface area contributed by atoms with Crippen molar-refractivity contribution in [2.45, 2.75) is 26.2 Å². The van der Waals surface area contributed by atoms with E-state index in [9.17, 15) is 14.0 Å². The second kappa shape index (κ2) is 9.18. The zero-order valence-corrected chi connectivity index (χ0v) is 14.6. The SMILES string of the molecule is CCCCOC(=O)c1ccc(NC(=O)Cc2ccc(Cl)cc2F)cc1. The molecule has 2 aromatic carbocycles. The number of anilines is 1. The fraction of sp³-hybridized carbons (Fsp3) is 0.263. The number of unbranched alkanes of at least 4 members (excludes halogenated alkanes) is 1. The summed E-state index contributed by atoms with van der Waals surface area (Å²) in [5.41, 5.74) is 1.19. The monoisotopic (exact) mass is 363 g/mol. The van der Waals surface area contributed by atoms with E-state index in [4.69, 9.17) is 16.3 Å². The van der Waals surface area contributed by atoms with Gasteiger partial charge in [0.1, 0.15) is 5.82 Å². The molecule has 0 heterocycles. The molecule has 1 amide bonds. The minimum atomic E-state index is -0.521. The first-order chi connectivity index (χ1) is 12.0. The Morgan fingerprint density at radius 1 is 1.16 bits per heavy atom. The number of benzene rings is 2. The smallest absolute Gasteiger partial charge is 0.338 e. The van der Waals surface area contributed by atoms with Crippen LogP contribution in [-0.4, -0.2) is 18.5 Å². The molecule has 2 aromatic rings. The molecule has 1 N–H and O–H groups in total. The summed E-state index contributed by atoms with van der Waals surface area (Å²) in [5.74, 6) is -1.28. The number of rotatable bonds is 7. The van der Waals surface area contributed by atoms with Crippen molar-refractivity contribution < 1.29 is 18.7 Å². The van der Waals surface area contributed by atoms with E-state index >= 15 is 0 Å². The number of carbonyl (C=O) groups is 2. The Balaban J connectivity index is 1.91. The highest BCUT2D eigenvalue weighted by Crippen LogP contribution is 2.16. The van der Waals surface area contributed by atoms with Crippen LogP contribution in [0.3, 0.4) is 0 Å². The molecule has 0 aliphatic carbocycles. The average molecular weight is 364 g/mol. The van der Waals surface area contributed by atoms with Gasteiger partial charge in [-0.25, -0.2) is 9.18 Å². The predicted molar refractivity (Wildman–Crippen MR) is 95.4 cm³/mol. The van der Waals surface area contributed by atoms with Gasteiger partial charge in [0.15, 0.2) is 0 Å². The van der Waals surface area contributed by atoms with E-state index in [2.05, 4.69) is 5.32 Å². The van der Waals surface area contributed by atoms with Gasteiger partial charge in [0.05, 0.1) is 18.6 Å². The van der Waals surface area contributed by atoms with Crippen LogP contribution in [0.15, 0.2) is 42.5 Å². The Morgan fingerprint density at radius 2 is 1.88 bits per heavy atom. The molecule has 0 unspecified atom stereocenters. The Morgan fingerprint density at radius 3 is 2.52 bits per heavy atom. The van der Waals surface area contributed by atoms with Gasteiger partial charge in [-0.15, -0.1) is 0 Å². The lowest BCUT2D eigenvalue weighted by atomic mass is 10.1. The van der Waals surface area contributed by atoms with Gasteiger partial charge >= 0.3 is 5.97 Å². The first kappa shape index (κ1) is 18.9. The summed E-state index contributed by atoms with van der Waals surface area (Å²) in [5, 5.41) is 2.94. The molecule has 0 aromatic heterocycles. The summed E-state index contributed by atoms with van der Waals surface area (Å²) >= 11 is 5.69. The zero-order valence-electron chi connectivity index (χ0n) is 13.9. The van der Waals surface area contributed by atoms with Crippen LogP contribution in [0.5, 0.6) is 0 Å². The fourth-order valence-corrected chi connectivity index (χ4v) is 2.28. The Bertz CT molecular complexity index is 747. The summed E-state index contributed by atoms with van der Waals surface area (Å²) in [7, 11) is 0. The van der Waals surface area contributed by atoms with Crippen LogP contribution in [0.25, 0.3) is 0 Å². The second-order valence-corrected chi connectivity index (χ2v) is 5.96. The van der Waals surface area contributed by atoms with Gasteiger partial charge in [-0.1, -0.05) is 31.0 Å². The third kappa shape index (κ3) is 5.87. The lowest BCUT2D eigenvalue weighted by Gasteiger charge is -2.08. The van der Waals surface area contributed by atoms with Crippen molar-refractivity contribution >= 4 is 29.2 Å². The van der Waals surface area contributed by atoms with Crippen LogP contribution in [0.2, 0.25) is 5.02 Å². The van der Waals surface area contributed by atoms with E-state index in [1.54, 1.807) is 24.3 Å². The maximum atomic E-state index is 13.7. The number of halogens is 2. The van der Waals surface area contributed by atoms with Crippen molar-refractivity contribution in [1.82, 2.24) is 0 Å². The van der Waals surface area contributed by atoms with Crippen molar-refractivity contribution in [2.75, 3.05) is 11.9 Å². The Hall–Kier alpha value is -2.40. The van der Waals surface area contributed by atoms with Crippen LogP contribution >= 0.6 is 11.6 Å². The first-order valence-electron chi connectivity index (χ1n) is 8.00. The molecule has 0 atom stereocenters. The van der Waals surface area contributed by atoms with Gasteiger partial charge in [-0.05, 0) is 48.4 Å². The maximum Gasteiger partial charge on any atom is 0.338 e. The summed E-state index contributed by atoms with van der Waals surface area (Å²) < 4.78 is 18.8. The van der Waals surface area contributed by atoms with Gasteiger partial charge in [0.25, 0.3) is 0 Å². The van der Waals surface area contributed by atoms with E-state index in [-0.39, 0.29) is 22.9 Å². The van der Waals surface area contributed by atoms with Crippen molar-refractivity contribution in [3.05, 3.63) is 64.4 Å². The van der Waals surface area contributed by atoms with Crippen LogP contribution in [0, 0.1) is 5.82 Å². The van der Waals surface area contributed by atoms with Crippen LogP contribution in [0.4, 0.5) is 10.1 Å². The molecule has 0 radical (unpaired) electrons. The van der Waals surface area contributed by atoms with Crippen molar-refractivity contribution in [3.63, 3.8) is 0 Å². The molecule has 0 aliphatic heterocycles. The molecular weight excluding hydrogens is 345 g/mol. The molecular formula is C19H19ClFNO3. The van der Waals surface area contributed by atoms with E-state index in [0.717, 1.165) is 12.8 Å². The summed E-state index contributed by atoms with van der Waals surface area (Å²) in [6.45, 7) is 2.40. The topological polar surface area (TPSA) is 55.4 Å². The molecule has 0 bridgehead atoms. The van der Waals surface area contributed by atoms with Crippen LogP contribution in [0.1, 0.15) is 35.7 Å². The summed E-state index contributed by atoms with van der Waals surface area (Å²) in [6, 6.07) is 10.5. The summed E-state index contributed by atoms with van der Waals surface area (Å²) in [4.78, 5) is 23.8. The van der Waals surface area contributed by atoms with Crippen LogP contribution in [-0.2, 0) is 16.0 Å². The highest BCUT2D eigenvalue weighted by atomic mass is 35.5. The molecule has 0 saturated heterocycles. The Kier molecular flexibility index (Phi) is 6.95. The molecule has 0 saturated carbocycles. The number of amides is 1. The molecule has 4 nitrogen and oxygen atoms in total. The molecule has 6 heteroatoms. The highest BCUT2D eigenvalue weighted by Gasteiger charge is 2.10. The highest BCUT2D eigenvalue weighted by molar-refractivity contribution is 6.30. The molecule has 25 heavy (non-hydrogen) atoms. The van der Waals surface area contributed by atoms with E-state index in [1.807, 2.05) is 6.92 Å². The van der Waals surface area contributed by atoms with Gasteiger partial charge in [0.2, 0.25) is 5.91 Å². The van der Waals surface area contributed by atoms with Gasteiger partial charge in [-0.2, -0.15) is 0 Å². The van der Waals surface area contributed by atoms with Crippen molar-refractivity contribution in [2.24, 2.45) is 0 Å². The lowest BCUT2D eigenvalue weighted by molar-refractivity contribution is -0.115. The minimum Gasteiger partial charge on any atom is -0.462 e. The first-order valence-corrected chi connectivity index (χ1v) is 8.38. The van der Waals surface area contributed by atoms with E-state index in [1.165, 1.54) is 18.2 Å².